The Morgan fingerprint density at radius 2 is 1.96 bits per heavy atom. The molecule has 2 rings (SSSR count). The van der Waals surface area contributed by atoms with Gasteiger partial charge in [-0.3, -0.25) is 4.79 Å². The van der Waals surface area contributed by atoms with Gasteiger partial charge in [0.1, 0.15) is 5.60 Å². The van der Waals surface area contributed by atoms with Crippen LogP contribution in [0.2, 0.25) is 5.02 Å². The van der Waals surface area contributed by atoms with Gasteiger partial charge >= 0.3 is 0 Å². The topological polar surface area (TPSA) is 53.1 Å². The summed E-state index contributed by atoms with van der Waals surface area (Å²) < 4.78 is 43.2. The van der Waals surface area contributed by atoms with Crippen LogP contribution >= 0.6 is 27.5 Å². The fraction of sp³-hybridized carbons (Fsp3) is 0.267. The molecule has 2 unspecified atom stereocenters. The van der Waals surface area contributed by atoms with Gasteiger partial charge < -0.3 is 10.1 Å². The molecule has 2 atom stereocenters. The number of hydrogen-bond donors (Lipinski definition) is 2. The first-order valence-corrected chi connectivity index (χ1v) is 7.62. The summed E-state index contributed by atoms with van der Waals surface area (Å²) >= 11 is 9.01. The van der Waals surface area contributed by atoms with E-state index in [1.54, 1.807) is 0 Å². The van der Waals surface area contributed by atoms with Crippen LogP contribution in [0.3, 0.4) is 0 Å². The smallest absolute Gasteiger partial charge is 0.279 e. The normalized spacial score (nSPS) is 16.9. The van der Waals surface area contributed by atoms with Crippen LogP contribution in [0.25, 0.3) is 0 Å². The Kier molecular flexibility index (Phi) is 4.94. The first-order chi connectivity index (χ1) is 10.6. The van der Waals surface area contributed by atoms with E-state index in [1.165, 1.54) is 12.1 Å². The number of hydrogen-bond acceptors (Lipinski definition) is 2. The Morgan fingerprint density at radius 1 is 1.30 bits per heavy atom. The van der Waals surface area contributed by atoms with E-state index in [0.717, 1.165) is 31.3 Å². The minimum absolute atomic E-state index is 0.209. The molecule has 23 heavy (non-hydrogen) atoms. The van der Waals surface area contributed by atoms with Crippen molar-refractivity contribution in [1.29, 1.82) is 0 Å². The van der Waals surface area contributed by atoms with Crippen LogP contribution in [-0.4, -0.2) is 16.5 Å². The van der Waals surface area contributed by atoms with E-state index >= 15 is 4.39 Å². The van der Waals surface area contributed by atoms with Gasteiger partial charge in [-0.25, -0.2) is 13.2 Å². The second-order valence-corrected chi connectivity index (χ2v) is 6.47. The summed E-state index contributed by atoms with van der Waals surface area (Å²) in [5.41, 5.74) is -7.38. The maximum absolute atomic E-state index is 15.4. The minimum Gasteiger partial charge on any atom is -0.381 e. The van der Waals surface area contributed by atoms with Gasteiger partial charge in [-0.15, -0.1) is 0 Å². The summed E-state index contributed by atoms with van der Waals surface area (Å²) in [6.07, 6.45) is -2.57. The lowest BCUT2D eigenvalue weighted by Crippen LogP contribution is -2.49. The van der Waals surface area contributed by atoms with E-state index in [1.807, 2.05) is 0 Å². The highest BCUT2D eigenvalue weighted by Gasteiger charge is 2.58. The summed E-state index contributed by atoms with van der Waals surface area (Å²) in [6.45, 7) is 0.908. The molecule has 0 saturated heterocycles. The van der Waals surface area contributed by atoms with Gasteiger partial charge in [0.05, 0.1) is 0 Å². The lowest BCUT2D eigenvalue weighted by molar-refractivity contribution is -0.176. The Labute approximate surface area is 143 Å². The Hall–Kier alpha value is -1.31. The lowest BCUT2D eigenvalue weighted by atomic mass is 9.76. The van der Waals surface area contributed by atoms with Gasteiger partial charge in [-0.2, -0.15) is 0 Å². The second kappa shape index (κ2) is 6.30. The second-order valence-electron chi connectivity index (χ2n) is 5.15. The van der Waals surface area contributed by atoms with Gasteiger partial charge in [0.15, 0.2) is 0 Å². The molecule has 8 heteroatoms. The zero-order chi connectivity index (χ0) is 17.4. The molecule has 0 bridgehead atoms. The molecule has 0 amide bonds. The molecule has 2 N–H and O–H groups in total. The standard InChI is InChI=1S/C15H12BrClF3NO2/c1-14(23,8-2-5-12(22)21-7-8)15(20,13(18)19)10-4-3-9(16)6-11(10)17/h2-7,13,23H,1H3,(H,21,22). The molecular weight excluding hydrogens is 399 g/mol. The highest BCUT2D eigenvalue weighted by Crippen LogP contribution is 2.50. The van der Waals surface area contributed by atoms with Crippen molar-refractivity contribution in [3.8, 4) is 0 Å². The molecule has 0 aliphatic rings. The average Bonchev–Trinajstić information content (AvgIpc) is 2.46. The van der Waals surface area contributed by atoms with Crippen molar-refractivity contribution in [2.24, 2.45) is 0 Å². The van der Waals surface area contributed by atoms with Gasteiger partial charge in [0.25, 0.3) is 6.43 Å². The van der Waals surface area contributed by atoms with E-state index in [9.17, 15) is 18.7 Å². The fourth-order valence-electron chi connectivity index (χ4n) is 2.30. The Morgan fingerprint density at radius 3 is 2.43 bits per heavy atom. The number of nitrogens with one attached hydrogen (secondary N) is 1. The number of aromatic amines is 1. The third kappa shape index (κ3) is 3.05. The molecule has 2 aromatic rings. The maximum atomic E-state index is 15.4. The van der Waals surface area contributed by atoms with Crippen molar-refractivity contribution in [2.75, 3.05) is 0 Å². The van der Waals surface area contributed by atoms with Crippen molar-refractivity contribution in [3.05, 3.63) is 67.5 Å². The summed E-state index contributed by atoms with van der Waals surface area (Å²) in [5, 5.41) is 10.3. The van der Waals surface area contributed by atoms with E-state index in [-0.39, 0.29) is 10.6 Å². The van der Waals surface area contributed by atoms with Crippen LogP contribution in [-0.2, 0) is 11.3 Å². The van der Waals surface area contributed by atoms with Gasteiger partial charge in [0.2, 0.25) is 11.2 Å². The lowest BCUT2D eigenvalue weighted by Gasteiger charge is -2.39. The van der Waals surface area contributed by atoms with Gasteiger partial charge in [-0.05, 0) is 25.1 Å². The summed E-state index contributed by atoms with van der Waals surface area (Å²) in [5.74, 6) is 0. The zero-order valence-corrected chi connectivity index (χ0v) is 14.1. The molecule has 3 nitrogen and oxygen atoms in total. The number of rotatable bonds is 4. The highest BCUT2D eigenvalue weighted by atomic mass is 79.9. The number of alkyl halides is 3. The van der Waals surface area contributed by atoms with Crippen molar-refractivity contribution in [1.82, 2.24) is 4.98 Å². The molecule has 1 aromatic carbocycles. The summed E-state index contributed by atoms with van der Waals surface area (Å²) in [7, 11) is 0. The predicted octanol–water partition coefficient (Wildman–Crippen LogP) is 4.13. The van der Waals surface area contributed by atoms with Crippen molar-refractivity contribution < 1.29 is 18.3 Å². The van der Waals surface area contributed by atoms with Gasteiger partial charge in [0, 0.05) is 32.9 Å². The zero-order valence-electron chi connectivity index (χ0n) is 11.8. The molecule has 0 spiro atoms. The highest BCUT2D eigenvalue weighted by molar-refractivity contribution is 9.10. The van der Waals surface area contributed by atoms with Crippen molar-refractivity contribution >= 4 is 27.5 Å². The molecule has 0 aliphatic carbocycles. The number of benzene rings is 1. The first kappa shape index (κ1) is 18.0. The van der Waals surface area contributed by atoms with E-state index in [2.05, 4.69) is 20.9 Å². The number of pyridine rings is 1. The molecule has 124 valence electrons. The fourth-order valence-corrected chi connectivity index (χ4v) is 3.11. The SMILES string of the molecule is CC(O)(c1ccc(=O)[nH]c1)C(F)(c1ccc(Br)cc1Cl)C(F)F. The molecular formula is C15H12BrClF3NO2. The van der Waals surface area contributed by atoms with E-state index in [4.69, 9.17) is 11.6 Å². The van der Waals surface area contributed by atoms with Crippen LogP contribution in [0.15, 0.2) is 45.8 Å². The first-order valence-electron chi connectivity index (χ1n) is 6.45. The third-order valence-corrected chi connectivity index (χ3v) is 4.48. The number of aromatic nitrogens is 1. The van der Waals surface area contributed by atoms with Crippen LogP contribution in [0, 0.1) is 0 Å². The summed E-state index contributed by atoms with van der Waals surface area (Å²) in [6, 6.07) is 5.79. The van der Waals surface area contributed by atoms with Crippen LogP contribution in [0.5, 0.6) is 0 Å². The number of aliphatic hydroxyl groups is 1. The average molecular weight is 411 g/mol. The molecule has 0 fully saturated rings. The maximum Gasteiger partial charge on any atom is 0.279 e. The number of H-pyrrole nitrogens is 1. The predicted molar refractivity (Wildman–Crippen MR) is 84.6 cm³/mol. The molecule has 1 aromatic heterocycles. The van der Waals surface area contributed by atoms with Gasteiger partial charge in [-0.1, -0.05) is 33.6 Å². The van der Waals surface area contributed by atoms with E-state index in [0.29, 0.717) is 4.47 Å². The summed E-state index contributed by atoms with van der Waals surface area (Å²) in [4.78, 5) is 13.3. The number of halogens is 5. The quantitative estimate of drug-likeness (QED) is 0.796. The molecule has 1 heterocycles. The van der Waals surface area contributed by atoms with Crippen molar-refractivity contribution in [2.45, 2.75) is 24.6 Å². The monoisotopic (exact) mass is 409 g/mol. The third-order valence-electron chi connectivity index (χ3n) is 3.68. The minimum atomic E-state index is -3.57. The Bertz CT molecular complexity index is 761. The van der Waals surface area contributed by atoms with E-state index < -0.39 is 28.8 Å². The molecule has 0 saturated carbocycles. The molecule has 0 aliphatic heterocycles. The largest absolute Gasteiger partial charge is 0.381 e. The van der Waals surface area contributed by atoms with Crippen LogP contribution < -0.4 is 5.56 Å². The van der Waals surface area contributed by atoms with Crippen molar-refractivity contribution in [3.63, 3.8) is 0 Å². The van der Waals surface area contributed by atoms with Crippen LogP contribution in [0.4, 0.5) is 13.2 Å². The Balaban J connectivity index is 2.68. The van der Waals surface area contributed by atoms with Crippen LogP contribution in [0.1, 0.15) is 18.1 Å². The molecule has 0 radical (unpaired) electrons.